The van der Waals surface area contributed by atoms with Gasteiger partial charge >= 0.3 is 0 Å². The van der Waals surface area contributed by atoms with Gasteiger partial charge in [-0.1, -0.05) is 36.4 Å². The molecule has 100 valence electrons. The summed E-state index contributed by atoms with van der Waals surface area (Å²) in [6.07, 6.45) is 3.33. The van der Waals surface area contributed by atoms with E-state index in [1.807, 2.05) is 30.3 Å². The van der Waals surface area contributed by atoms with Gasteiger partial charge in [0.05, 0.1) is 0 Å². The summed E-state index contributed by atoms with van der Waals surface area (Å²) < 4.78 is 32.6. The van der Waals surface area contributed by atoms with Crippen molar-refractivity contribution in [3.8, 4) is 0 Å². The van der Waals surface area contributed by atoms with Crippen LogP contribution in [0.15, 0.2) is 54.3 Å². The molecule has 1 aromatic carbocycles. The lowest BCUT2D eigenvalue weighted by molar-refractivity contribution is 0.0260. The Morgan fingerprint density at radius 3 is 2.58 bits per heavy atom. The molecule has 0 saturated carbocycles. The molecule has 19 heavy (non-hydrogen) atoms. The second-order valence-electron chi connectivity index (χ2n) is 4.29. The van der Waals surface area contributed by atoms with Crippen molar-refractivity contribution < 1.29 is 13.5 Å². The van der Waals surface area contributed by atoms with Crippen molar-refractivity contribution in [1.29, 1.82) is 5.41 Å². The zero-order chi connectivity index (χ0) is 13.9. The monoisotopic (exact) mass is 264 g/mol. The second kappa shape index (κ2) is 5.22. The van der Waals surface area contributed by atoms with Gasteiger partial charge in [-0.2, -0.15) is 0 Å². The number of ether oxygens (including phenoxy) is 1. The highest BCUT2D eigenvalue weighted by atomic mass is 19.3. The zero-order valence-corrected chi connectivity index (χ0v) is 10.1. The van der Waals surface area contributed by atoms with Crippen LogP contribution in [0.4, 0.5) is 8.78 Å². The molecule has 0 saturated heterocycles. The summed E-state index contributed by atoms with van der Waals surface area (Å²) in [5.41, 5.74) is 6.03. The van der Waals surface area contributed by atoms with Crippen LogP contribution in [0.1, 0.15) is 5.56 Å². The Morgan fingerprint density at radius 2 is 2.00 bits per heavy atom. The van der Waals surface area contributed by atoms with E-state index in [0.717, 1.165) is 5.56 Å². The second-order valence-corrected chi connectivity index (χ2v) is 4.29. The molecular weight excluding hydrogens is 250 g/mol. The van der Waals surface area contributed by atoms with Crippen molar-refractivity contribution in [2.75, 3.05) is 0 Å². The third-order valence-electron chi connectivity index (χ3n) is 2.79. The molecule has 0 aliphatic heterocycles. The fraction of sp³-hybridized carbons (Fsp3) is 0.214. The van der Waals surface area contributed by atoms with Gasteiger partial charge < -0.3 is 10.5 Å². The Morgan fingerprint density at radius 1 is 1.32 bits per heavy atom. The predicted octanol–water partition coefficient (Wildman–Crippen LogP) is 2.84. The highest BCUT2D eigenvalue weighted by molar-refractivity contribution is 5.83. The van der Waals surface area contributed by atoms with Crippen LogP contribution in [0.2, 0.25) is 0 Å². The maximum absolute atomic E-state index is 13.7. The topological polar surface area (TPSA) is 59.1 Å². The van der Waals surface area contributed by atoms with E-state index in [4.69, 9.17) is 15.9 Å². The number of benzene rings is 1. The van der Waals surface area contributed by atoms with Crippen LogP contribution < -0.4 is 5.73 Å². The predicted molar refractivity (Wildman–Crippen MR) is 68.8 cm³/mol. The molecule has 1 aliphatic carbocycles. The van der Waals surface area contributed by atoms with E-state index < -0.39 is 17.7 Å². The SMILES string of the molecule is N=C(N)C1C=CC(OCc2ccccc2)=CC1(F)F. The highest BCUT2D eigenvalue weighted by Gasteiger charge is 2.40. The normalized spacial score (nSPS) is 20.7. The maximum Gasteiger partial charge on any atom is 0.283 e. The van der Waals surface area contributed by atoms with Gasteiger partial charge in [0.15, 0.2) is 0 Å². The Bertz CT molecular complexity index is 524. The van der Waals surface area contributed by atoms with Crippen molar-refractivity contribution in [2.24, 2.45) is 11.7 Å². The number of rotatable bonds is 4. The summed E-state index contributed by atoms with van der Waals surface area (Å²) in [6.45, 7) is 0.220. The van der Waals surface area contributed by atoms with Crippen LogP contribution in [-0.2, 0) is 11.3 Å². The molecule has 1 aliphatic rings. The van der Waals surface area contributed by atoms with Gasteiger partial charge in [-0.05, 0) is 11.6 Å². The van der Waals surface area contributed by atoms with E-state index in [2.05, 4.69) is 0 Å². The van der Waals surface area contributed by atoms with Crippen molar-refractivity contribution in [1.82, 2.24) is 0 Å². The molecule has 5 heteroatoms. The van der Waals surface area contributed by atoms with Gasteiger partial charge in [0, 0.05) is 6.08 Å². The maximum atomic E-state index is 13.7. The van der Waals surface area contributed by atoms with Gasteiger partial charge in [0.2, 0.25) is 0 Å². The lowest BCUT2D eigenvalue weighted by atomic mass is 9.95. The average molecular weight is 264 g/mol. The van der Waals surface area contributed by atoms with E-state index in [0.29, 0.717) is 6.08 Å². The summed E-state index contributed by atoms with van der Waals surface area (Å²) in [5.74, 6) is -5.05. The first kappa shape index (κ1) is 13.3. The first-order valence-corrected chi connectivity index (χ1v) is 5.78. The minimum Gasteiger partial charge on any atom is -0.489 e. The van der Waals surface area contributed by atoms with Gasteiger partial charge in [-0.25, -0.2) is 8.78 Å². The van der Waals surface area contributed by atoms with Crippen molar-refractivity contribution in [2.45, 2.75) is 12.5 Å². The van der Waals surface area contributed by atoms with Crippen LogP contribution >= 0.6 is 0 Å². The Hall–Kier alpha value is -2.17. The molecule has 0 amide bonds. The van der Waals surface area contributed by atoms with E-state index in [1.165, 1.54) is 12.2 Å². The Labute approximate surface area is 109 Å². The molecule has 3 nitrogen and oxygen atoms in total. The number of amidine groups is 1. The number of hydrogen-bond acceptors (Lipinski definition) is 2. The minimum atomic E-state index is -3.19. The third kappa shape index (κ3) is 3.19. The molecular formula is C14H14F2N2O. The molecule has 0 bridgehead atoms. The van der Waals surface area contributed by atoms with Gasteiger partial charge in [0.1, 0.15) is 24.1 Å². The smallest absolute Gasteiger partial charge is 0.283 e. The highest BCUT2D eigenvalue weighted by Crippen LogP contribution is 2.33. The van der Waals surface area contributed by atoms with E-state index in [-0.39, 0.29) is 12.4 Å². The number of nitrogens with two attached hydrogens (primary N) is 1. The van der Waals surface area contributed by atoms with Crippen LogP contribution in [0.25, 0.3) is 0 Å². The molecule has 0 aromatic heterocycles. The van der Waals surface area contributed by atoms with Crippen LogP contribution in [0, 0.1) is 11.3 Å². The molecule has 2 rings (SSSR count). The van der Waals surface area contributed by atoms with Crippen molar-refractivity contribution in [3.05, 3.63) is 59.9 Å². The summed E-state index contributed by atoms with van der Waals surface area (Å²) >= 11 is 0. The van der Waals surface area contributed by atoms with E-state index >= 15 is 0 Å². The van der Waals surface area contributed by atoms with E-state index in [1.54, 1.807) is 0 Å². The summed E-state index contributed by atoms with van der Waals surface area (Å²) in [6, 6.07) is 9.27. The average Bonchev–Trinajstić information content (AvgIpc) is 2.36. The largest absolute Gasteiger partial charge is 0.489 e. The van der Waals surface area contributed by atoms with Gasteiger partial charge in [-0.15, -0.1) is 0 Å². The third-order valence-corrected chi connectivity index (χ3v) is 2.79. The number of nitrogens with one attached hydrogen (secondary N) is 1. The summed E-state index contributed by atoms with van der Waals surface area (Å²) in [7, 11) is 0. The molecule has 0 heterocycles. The lowest BCUT2D eigenvalue weighted by Gasteiger charge is -2.24. The summed E-state index contributed by atoms with van der Waals surface area (Å²) in [5, 5.41) is 7.12. The quantitative estimate of drug-likeness (QED) is 0.649. The number of hydrogen-bond donors (Lipinski definition) is 2. The standard InChI is InChI=1S/C14H14F2N2O/c15-14(16)8-11(6-7-12(14)13(17)18)19-9-10-4-2-1-3-5-10/h1-8,12H,9H2,(H3,17,18). The van der Waals surface area contributed by atoms with Gasteiger partial charge in [0.25, 0.3) is 5.92 Å². The minimum absolute atomic E-state index is 0.0892. The number of halogens is 2. The van der Waals surface area contributed by atoms with Crippen LogP contribution in [0.3, 0.4) is 0 Å². The number of alkyl halides is 2. The fourth-order valence-electron chi connectivity index (χ4n) is 1.79. The first-order valence-electron chi connectivity index (χ1n) is 5.78. The molecule has 1 aromatic rings. The number of allylic oxidation sites excluding steroid dienone is 2. The van der Waals surface area contributed by atoms with Crippen LogP contribution in [0.5, 0.6) is 0 Å². The Kier molecular flexibility index (Phi) is 3.64. The van der Waals surface area contributed by atoms with Crippen LogP contribution in [-0.4, -0.2) is 11.8 Å². The molecule has 1 atom stereocenters. The van der Waals surface area contributed by atoms with Crippen molar-refractivity contribution in [3.63, 3.8) is 0 Å². The molecule has 3 N–H and O–H groups in total. The Balaban J connectivity index is 2.03. The molecule has 1 unspecified atom stereocenters. The molecule has 0 fully saturated rings. The van der Waals surface area contributed by atoms with Gasteiger partial charge in [-0.3, -0.25) is 5.41 Å². The van der Waals surface area contributed by atoms with E-state index in [9.17, 15) is 8.78 Å². The van der Waals surface area contributed by atoms with Crippen molar-refractivity contribution >= 4 is 5.84 Å². The summed E-state index contributed by atoms with van der Waals surface area (Å²) in [4.78, 5) is 0. The lowest BCUT2D eigenvalue weighted by Crippen LogP contribution is -2.37. The molecule has 0 radical (unpaired) electrons. The first-order chi connectivity index (χ1) is 8.99. The molecule has 0 spiro atoms. The fourth-order valence-corrected chi connectivity index (χ4v) is 1.79. The zero-order valence-electron chi connectivity index (χ0n) is 10.1.